The summed E-state index contributed by atoms with van der Waals surface area (Å²) in [6.07, 6.45) is 1.76. The molecule has 2 rings (SSSR count). The average Bonchev–Trinajstić information content (AvgIpc) is 2.87. The van der Waals surface area contributed by atoms with Crippen LogP contribution in [0.15, 0.2) is 48.2 Å². The van der Waals surface area contributed by atoms with Crippen molar-refractivity contribution in [1.82, 2.24) is 19.8 Å². The summed E-state index contributed by atoms with van der Waals surface area (Å²) >= 11 is 0. The fraction of sp³-hybridized carbons (Fsp3) is 0.368. The van der Waals surface area contributed by atoms with Crippen molar-refractivity contribution in [3.63, 3.8) is 0 Å². The van der Waals surface area contributed by atoms with Gasteiger partial charge in [-0.15, -0.1) is 0 Å². The highest BCUT2D eigenvalue weighted by Crippen LogP contribution is 2.19. The Labute approximate surface area is 143 Å². The van der Waals surface area contributed by atoms with Crippen molar-refractivity contribution in [2.45, 2.75) is 40.3 Å². The zero-order valence-electron chi connectivity index (χ0n) is 15.1. The summed E-state index contributed by atoms with van der Waals surface area (Å²) in [4.78, 5) is 19.1. The van der Waals surface area contributed by atoms with Gasteiger partial charge >= 0.3 is 6.03 Å². The maximum atomic E-state index is 12.7. The first-order chi connectivity index (χ1) is 11.3. The number of hydrogen-bond acceptors (Lipinski definition) is 2. The minimum Gasteiger partial charge on any atom is -0.336 e. The molecule has 2 amide bonds. The van der Waals surface area contributed by atoms with E-state index in [1.165, 1.54) is 0 Å². The first-order valence-electron chi connectivity index (χ1n) is 8.13. The lowest BCUT2D eigenvalue weighted by atomic mass is 10.2. The largest absolute Gasteiger partial charge is 0.336 e. The number of allylic oxidation sites excluding steroid dienone is 3. The van der Waals surface area contributed by atoms with Crippen LogP contribution in [0.4, 0.5) is 4.79 Å². The molecule has 2 aromatic rings. The maximum absolute atomic E-state index is 12.7. The molecule has 0 radical (unpaired) electrons. The topological polar surface area (TPSA) is 50.2 Å². The van der Waals surface area contributed by atoms with E-state index in [1.807, 2.05) is 63.6 Å². The Kier molecular flexibility index (Phi) is 5.44. The second-order valence-electron chi connectivity index (χ2n) is 6.24. The third-order valence-electron chi connectivity index (χ3n) is 4.12. The molecular formula is C19H26N4O. The fourth-order valence-corrected chi connectivity index (χ4v) is 2.51. The van der Waals surface area contributed by atoms with Gasteiger partial charge in [0.1, 0.15) is 5.82 Å². The van der Waals surface area contributed by atoms with Gasteiger partial charge in [0.15, 0.2) is 0 Å². The van der Waals surface area contributed by atoms with Gasteiger partial charge in [-0.1, -0.05) is 24.8 Å². The first kappa shape index (κ1) is 17.8. The minimum absolute atomic E-state index is 0.0669. The Morgan fingerprint density at radius 3 is 2.62 bits per heavy atom. The van der Waals surface area contributed by atoms with Crippen molar-refractivity contribution in [3.05, 3.63) is 54.0 Å². The third kappa shape index (κ3) is 3.67. The number of hydrogen-bond donors (Lipinski definition) is 1. The molecule has 0 unspecified atom stereocenters. The number of imidazole rings is 1. The highest BCUT2D eigenvalue weighted by atomic mass is 16.2. The van der Waals surface area contributed by atoms with Crippen LogP contribution in [0.3, 0.4) is 0 Å². The van der Waals surface area contributed by atoms with Crippen molar-refractivity contribution in [2.75, 3.05) is 0 Å². The lowest BCUT2D eigenvalue weighted by Gasteiger charge is -2.26. The van der Waals surface area contributed by atoms with Crippen LogP contribution in [0.2, 0.25) is 0 Å². The summed E-state index contributed by atoms with van der Waals surface area (Å²) in [5, 5.41) is 2.96. The quantitative estimate of drug-likeness (QED) is 0.845. The molecule has 1 N–H and O–H groups in total. The van der Waals surface area contributed by atoms with Gasteiger partial charge in [-0.2, -0.15) is 0 Å². The number of urea groups is 1. The number of amides is 2. The zero-order chi connectivity index (χ0) is 17.9. The maximum Gasteiger partial charge on any atom is 0.322 e. The molecule has 0 fully saturated rings. The molecule has 0 aliphatic heterocycles. The van der Waals surface area contributed by atoms with Crippen LogP contribution >= 0.6 is 0 Å². The number of aromatic nitrogens is 2. The van der Waals surface area contributed by atoms with Crippen molar-refractivity contribution in [1.29, 1.82) is 0 Å². The smallest absolute Gasteiger partial charge is 0.322 e. The van der Waals surface area contributed by atoms with Gasteiger partial charge in [0, 0.05) is 18.8 Å². The summed E-state index contributed by atoms with van der Waals surface area (Å²) in [7, 11) is 1.97. The highest BCUT2D eigenvalue weighted by Gasteiger charge is 2.20. The highest BCUT2D eigenvalue weighted by molar-refractivity contribution is 5.78. The second kappa shape index (κ2) is 7.34. The monoisotopic (exact) mass is 326 g/mol. The molecule has 1 heterocycles. The Bertz CT molecular complexity index is 786. The van der Waals surface area contributed by atoms with Gasteiger partial charge in [0.2, 0.25) is 0 Å². The molecule has 0 saturated carbocycles. The van der Waals surface area contributed by atoms with E-state index < -0.39 is 0 Å². The van der Waals surface area contributed by atoms with E-state index in [2.05, 4.69) is 16.9 Å². The van der Waals surface area contributed by atoms with E-state index in [9.17, 15) is 4.79 Å². The third-order valence-corrected chi connectivity index (χ3v) is 4.12. The van der Waals surface area contributed by atoms with Crippen molar-refractivity contribution in [3.8, 4) is 0 Å². The summed E-state index contributed by atoms with van der Waals surface area (Å²) in [5.41, 5.74) is 3.82. The molecule has 5 nitrogen and oxygen atoms in total. The SMILES string of the molecule is C=C/C(C)=C(\C)N(Cc1nc2ccccc2n1C)C(=O)NC(C)C. The van der Waals surface area contributed by atoms with Crippen LogP contribution in [0.1, 0.15) is 33.5 Å². The summed E-state index contributed by atoms with van der Waals surface area (Å²) in [6, 6.07) is 7.91. The van der Waals surface area contributed by atoms with E-state index in [-0.39, 0.29) is 12.1 Å². The molecule has 0 saturated heterocycles. The van der Waals surface area contributed by atoms with Gasteiger partial charge in [0.05, 0.1) is 17.6 Å². The molecule has 1 aromatic carbocycles. The standard InChI is InChI=1S/C19H26N4O/c1-7-14(4)15(5)23(19(24)20-13(2)3)12-18-21-16-10-8-9-11-17(16)22(18)6/h7-11,13H,1,12H2,2-6H3,(H,20,24)/b15-14+. The molecule has 0 atom stereocenters. The van der Waals surface area contributed by atoms with Crippen LogP contribution in [0.25, 0.3) is 11.0 Å². The van der Waals surface area contributed by atoms with E-state index in [0.717, 1.165) is 28.1 Å². The van der Waals surface area contributed by atoms with E-state index >= 15 is 0 Å². The van der Waals surface area contributed by atoms with E-state index in [0.29, 0.717) is 6.54 Å². The van der Waals surface area contributed by atoms with Gasteiger partial charge in [-0.3, -0.25) is 4.90 Å². The van der Waals surface area contributed by atoms with E-state index in [1.54, 1.807) is 11.0 Å². The van der Waals surface area contributed by atoms with E-state index in [4.69, 9.17) is 0 Å². The molecule has 0 spiro atoms. The number of carbonyl (C=O) groups is 1. The molecule has 0 bridgehead atoms. The number of fused-ring (bicyclic) bond motifs is 1. The lowest BCUT2D eigenvalue weighted by molar-refractivity contribution is 0.205. The molecule has 5 heteroatoms. The van der Waals surface area contributed by atoms with Crippen molar-refractivity contribution in [2.24, 2.45) is 7.05 Å². The van der Waals surface area contributed by atoms with Crippen LogP contribution in [-0.4, -0.2) is 26.5 Å². The second-order valence-corrected chi connectivity index (χ2v) is 6.24. The molecule has 0 aliphatic rings. The zero-order valence-corrected chi connectivity index (χ0v) is 15.1. The summed E-state index contributed by atoms with van der Waals surface area (Å²) in [5.74, 6) is 0.839. The van der Waals surface area contributed by atoms with Crippen molar-refractivity contribution < 1.29 is 4.79 Å². The molecular weight excluding hydrogens is 300 g/mol. The molecule has 1 aromatic heterocycles. The van der Waals surface area contributed by atoms with Gasteiger partial charge in [-0.05, 0) is 45.4 Å². The number of nitrogens with zero attached hydrogens (tertiary/aromatic N) is 3. The average molecular weight is 326 g/mol. The number of benzene rings is 1. The predicted molar refractivity (Wildman–Crippen MR) is 98.5 cm³/mol. The number of nitrogens with one attached hydrogen (secondary N) is 1. The predicted octanol–water partition coefficient (Wildman–Crippen LogP) is 3.97. The van der Waals surface area contributed by atoms with Crippen LogP contribution < -0.4 is 5.32 Å². The minimum atomic E-state index is -0.129. The van der Waals surface area contributed by atoms with Gasteiger partial charge in [0.25, 0.3) is 0 Å². The Morgan fingerprint density at radius 2 is 2.04 bits per heavy atom. The molecule has 128 valence electrons. The molecule has 0 aliphatic carbocycles. The number of para-hydroxylation sites is 2. The Morgan fingerprint density at radius 1 is 1.38 bits per heavy atom. The van der Waals surface area contributed by atoms with Crippen LogP contribution in [0, 0.1) is 0 Å². The lowest BCUT2D eigenvalue weighted by Crippen LogP contribution is -2.42. The summed E-state index contributed by atoms with van der Waals surface area (Å²) in [6.45, 7) is 12.0. The first-order valence-corrected chi connectivity index (χ1v) is 8.13. The molecule has 24 heavy (non-hydrogen) atoms. The fourth-order valence-electron chi connectivity index (χ4n) is 2.51. The van der Waals surface area contributed by atoms with Crippen LogP contribution in [-0.2, 0) is 13.6 Å². The summed E-state index contributed by atoms with van der Waals surface area (Å²) < 4.78 is 2.03. The van der Waals surface area contributed by atoms with Crippen LogP contribution in [0.5, 0.6) is 0 Å². The number of aryl methyl sites for hydroxylation is 1. The Balaban J connectivity index is 2.41. The number of carbonyl (C=O) groups excluding carboxylic acids is 1. The normalized spacial score (nSPS) is 12.2. The number of rotatable bonds is 5. The Hall–Kier alpha value is -2.56. The van der Waals surface area contributed by atoms with Crippen molar-refractivity contribution >= 4 is 17.1 Å². The van der Waals surface area contributed by atoms with Gasteiger partial charge in [-0.25, -0.2) is 9.78 Å². The van der Waals surface area contributed by atoms with Gasteiger partial charge < -0.3 is 9.88 Å².